The normalized spacial score (nSPS) is 12.3. The largest absolute Gasteiger partial charge is 0.437 e. The van der Waals surface area contributed by atoms with Gasteiger partial charge in [0.1, 0.15) is 5.69 Å². The number of azo groups is 1. The van der Waals surface area contributed by atoms with Crippen molar-refractivity contribution < 1.29 is 13.2 Å². The molecule has 2 aromatic rings. The summed E-state index contributed by atoms with van der Waals surface area (Å²) in [5.74, 6) is 0. The van der Waals surface area contributed by atoms with Gasteiger partial charge >= 0.3 is 6.18 Å². The molecule has 0 atom stereocenters. The number of halogens is 3. The molecule has 7 heteroatoms. The van der Waals surface area contributed by atoms with Crippen molar-refractivity contribution in [2.24, 2.45) is 10.2 Å². The van der Waals surface area contributed by atoms with Crippen molar-refractivity contribution in [2.75, 3.05) is 0 Å². The molecule has 0 unspecified atom stereocenters. The van der Waals surface area contributed by atoms with Gasteiger partial charge in [-0.25, -0.2) is 0 Å². The monoisotopic (exact) mass is 268 g/mol. The van der Waals surface area contributed by atoms with E-state index in [9.17, 15) is 13.2 Å². The standard InChI is InChI=1S/C12H11F3N4/c1-7-3-5-9(6-4-7)17-18-10-8(2)16-19-11(10)12(13,14)15/h3-6H,1-2H3,(H,16,19). The van der Waals surface area contributed by atoms with Gasteiger partial charge in [-0.05, 0) is 26.0 Å². The summed E-state index contributed by atoms with van der Waals surface area (Å²) in [4.78, 5) is 0. The predicted octanol–water partition coefficient (Wildman–Crippen LogP) is 4.46. The maximum absolute atomic E-state index is 12.7. The van der Waals surface area contributed by atoms with Gasteiger partial charge in [-0.3, -0.25) is 5.10 Å². The average Bonchev–Trinajstić information content (AvgIpc) is 2.70. The first-order valence-electron chi connectivity index (χ1n) is 5.48. The number of rotatable bonds is 2. The summed E-state index contributed by atoms with van der Waals surface area (Å²) >= 11 is 0. The fraction of sp³-hybridized carbons (Fsp3) is 0.250. The first kappa shape index (κ1) is 13.3. The lowest BCUT2D eigenvalue weighted by Gasteiger charge is -2.02. The summed E-state index contributed by atoms with van der Waals surface area (Å²) in [6.45, 7) is 3.37. The molecule has 1 aromatic heterocycles. The van der Waals surface area contributed by atoms with Crippen molar-refractivity contribution in [3.8, 4) is 0 Å². The van der Waals surface area contributed by atoms with Gasteiger partial charge in [0.05, 0.1) is 11.4 Å². The summed E-state index contributed by atoms with van der Waals surface area (Å²) < 4.78 is 38.0. The number of aromatic amines is 1. The van der Waals surface area contributed by atoms with Crippen molar-refractivity contribution in [1.29, 1.82) is 0 Å². The van der Waals surface area contributed by atoms with E-state index in [2.05, 4.69) is 20.4 Å². The molecule has 0 saturated carbocycles. The van der Waals surface area contributed by atoms with E-state index in [4.69, 9.17) is 0 Å². The lowest BCUT2D eigenvalue weighted by Crippen LogP contribution is -2.05. The number of hydrogen-bond acceptors (Lipinski definition) is 3. The topological polar surface area (TPSA) is 53.4 Å². The highest BCUT2D eigenvalue weighted by Gasteiger charge is 2.37. The molecule has 0 aliphatic carbocycles. The molecular weight excluding hydrogens is 257 g/mol. The van der Waals surface area contributed by atoms with Crippen molar-refractivity contribution >= 4 is 11.4 Å². The number of nitrogens with zero attached hydrogens (tertiary/aromatic N) is 3. The van der Waals surface area contributed by atoms with Crippen LogP contribution in [0.15, 0.2) is 34.5 Å². The molecule has 0 aliphatic rings. The molecule has 0 amide bonds. The fourth-order valence-electron chi connectivity index (χ4n) is 1.46. The number of benzene rings is 1. The number of aromatic nitrogens is 2. The van der Waals surface area contributed by atoms with E-state index in [0.717, 1.165) is 5.56 Å². The molecule has 0 fully saturated rings. The molecular formula is C12H11F3N4. The van der Waals surface area contributed by atoms with Crippen LogP contribution in [-0.2, 0) is 6.18 Å². The van der Waals surface area contributed by atoms with Crippen molar-refractivity contribution in [2.45, 2.75) is 20.0 Å². The third kappa shape index (κ3) is 2.98. The van der Waals surface area contributed by atoms with E-state index in [-0.39, 0.29) is 11.4 Å². The van der Waals surface area contributed by atoms with Crippen LogP contribution >= 0.6 is 0 Å². The highest BCUT2D eigenvalue weighted by molar-refractivity contribution is 5.48. The Morgan fingerprint density at radius 2 is 1.68 bits per heavy atom. The first-order valence-corrected chi connectivity index (χ1v) is 5.48. The quantitative estimate of drug-likeness (QED) is 0.803. The van der Waals surface area contributed by atoms with Crippen molar-refractivity contribution in [3.05, 3.63) is 41.2 Å². The van der Waals surface area contributed by atoms with Gasteiger partial charge in [-0.2, -0.15) is 23.4 Å². The predicted molar refractivity (Wildman–Crippen MR) is 63.7 cm³/mol. The van der Waals surface area contributed by atoms with Gasteiger partial charge in [-0.15, -0.1) is 5.11 Å². The molecule has 1 aromatic carbocycles. The molecule has 1 N–H and O–H groups in total. The molecule has 0 aliphatic heterocycles. The van der Waals surface area contributed by atoms with Gasteiger partial charge in [0.2, 0.25) is 0 Å². The molecule has 100 valence electrons. The van der Waals surface area contributed by atoms with Crippen LogP contribution in [-0.4, -0.2) is 10.2 Å². The second-order valence-corrected chi connectivity index (χ2v) is 4.08. The molecule has 1 heterocycles. The number of nitrogens with one attached hydrogen (secondary N) is 1. The molecule has 2 rings (SSSR count). The summed E-state index contributed by atoms with van der Waals surface area (Å²) in [7, 11) is 0. The van der Waals surface area contributed by atoms with Gasteiger partial charge in [0, 0.05) is 0 Å². The zero-order chi connectivity index (χ0) is 14.0. The smallest absolute Gasteiger partial charge is 0.280 e. The molecule has 0 radical (unpaired) electrons. The van der Waals surface area contributed by atoms with Crippen LogP contribution in [0.5, 0.6) is 0 Å². The summed E-state index contributed by atoms with van der Waals surface area (Å²) in [5, 5.41) is 12.9. The Morgan fingerprint density at radius 3 is 2.26 bits per heavy atom. The number of H-pyrrole nitrogens is 1. The Labute approximate surface area is 107 Å². The van der Waals surface area contributed by atoms with Crippen molar-refractivity contribution in [1.82, 2.24) is 10.2 Å². The third-order valence-electron chi connectivity index (χ3n) is 2.48. The Kier molecular flexibility index (Phi) is 3.37. The van der Waals surface area contributed by atoms with Crippen LogP contribution in [0.4, 0.5) is 24.5 Å². The van der Waals surface area contributed by atoms with Crippen LogP contribution in [0.1, 0.15) is 17.0 Å². The molecule has 0 bridgehead atoms. The zero-order valence-electron chi connectivity index (χ0n) is 10.3. The van der Waals surface area contributed by atoms with E-state index in [1.54, 1.807) is 24.3 Å². The van der Waals surface area contributed by atoms with Gasteiger partial charge in [0.25, 0.3) is 0 Å². The summed E-state index contributed by atoms with van der Waals surface area (Å²) in [6, 6.07) is 6.98. The van der Waals surface area contributed by atoms with Crippen LogP contribution in [0.3, 0.4) is 0 Å². The highest BCUT2D eigenvalue weighted by Crippen LogP contribution is 2.36. The minimum absolute atomic E-state index is 0.225. The maximum atomic E-state index is 12.7. The number of alkyl halides is 3. The first-order chi connectivity index (χ1) is 8.88. The molecule has 4 nitrogen and oxygen atoms in total. The number of aryl methyl sites for hydroxylation is 2. The average molecular weight is 268 g/mol. The van der Waals surface area contributed by atoms with E-state index in [0.29, 0.717) is 5.69 Å². The van der Waals surface area contributed by atoms with E-state index >= 15 is 0 Å². The van der Waals surface area contributed by atoms with E-state index in [1.807, 2.05) is 6.92 Å². The van der Waals surface area contributed by atoms with Gasteiger partial charge < -0.3 is 0 Å². The Balaban J connectivity index is 2.33. The lowest BCUT2D eigenvalue weighted by molar-refractivity contribution is -0.140. The Hall–Kier alpha value is -2.18. The second-order valence-electron chi connectivity index (χ2n) is 4.08. The molecule has 19 heavy (non-hydrogen) atoms. The van der Waals surface area contributed by atoms with Crippen LogP contribution in [0.2, 0.25) is 0 Å². The fourth-order valence-corrected chi connectivity index (χ4v) is 1.46. The lowest BCUT2D eigenvalue weighted by atomic mass is 10.2. The Bertz CT molecular complexity index is 596. The van der Waals surface area contributed by atoms with Gasteiger partial charge in [-0.1, -0.05) is 17.7 Å². The summed E-state index contributed by atoms with van der Waals surface area (Å²) in [5.41, 5.74) is 0.408. The molecule has 0 saturated heterocycles. The zero-order valence-corrected chi connectivity index (χ0v) is 10.3. The second kappa shape index (κ2) is 4.83. The maximum Gasteiger partial charge on any atom is 0.437 e. The minimum atomic E-state index is -4.55. The number of hydrogen-bond donors (Lipinski definition) is 1. The molecule has 0 spiro atoms. The van der Waals surface area contributed by atoms with Gasteiger partial charge in [0.15, 0.2) is 5.69 Å². The van der Waals surface area contributed by atoms with Crippen LogP contribution < -0.4 is 0 Å². The third-order valence-corrected chi connectivity index (χ3v) is 2.48. The van der Waals surface area contributed by atoms with E-state index in [1.165, 1.54) is 6.92 Å². The summed E-state index contributed by atoms with van der Waals surface area (Å²) in [6.07, 6.45) is -4.55. The van der Waals surface area contributed by atoms with Crippen molar-refractivity contribution in [3.63, 3.8) is 0 Å². The van der Waals surface area contributed by atoms with E-state index < -0.39 is 11.9 Å². The van der Waals surface area contributed by atoms with Crippen LogP contribution in [0, 0.1) is 13.8 Å². The minimum Gasteiger partial charge on any atom is -0.280 e. The van der Waals surface area contributed by atoms with Crippen LogP contribution in [0.25, 0.3) is 0 Å². The SMILES string of the molecule is Cc1ccc(N=Nc2c(C(F)(F)F)n[nH]c2C)cc1. The highest BCUT2D eigenvalue weighted by atomic mass is 19.4. The Morgan fingerprint density at radius 1 is 1.05 bits per heavy atom.